The second kappa shape index (κ2) is 11.8. The van der Waals surface area contributed by atoms with Crippen LogP contribution in [0, 0.1) is 0 Å². The first-order valence-corrected chi connectivity index (χ1v) is 11.6. The summed E-state index contributed by atoms with van der Waals surface area (Å²) in [5.41, 5.74) is 4.05. The summed E-state index contributed by atoms with van der Waals surface area (Å²) in [6, 6.07) is 19.6. The van der Waals surface area contributed by atoms with Crippen molar-refractivity contribution < 1.29 is 9.53 Å². The van der Waals surface area contributed by atoms with Crippen LogP contribution >= 0.6 is 11.6 Å². The molecule has 1 aliphatic heterocycles. The van der Waals surface area contributed by atoms with E-state index in [0.717, 1.165) is 56.1 Å². The second-order valence-electron chi connectivity index (χ2n) is 8.08. The molecule has 2 aromatic carbocycles. The minimum absolute atomic E-state index is 0.0255. The minimum Gasteiger partial charge on any atom is -0.367 e. The van der Waals surface area contributed by atoms with Crippen LogP contribution in [0.1, 0.15) is 11.1 Å². The fourth-order valence-corrected chi connectivity index (χ4v) is 4.15. The molecule has 6 nitrogen and oxygen atoms in total. The highest BCUT2D eigenvalue weighted by Gasteiger charge is 2.19. The number of piperazine rings is 1. The number of aromatic nitrogens is 1. The summed E-state index contributed by atoms with van der Waals surface area (Å²) in [7, 11) is 0. The number of amides is 1. The molecule has 0 bridgehead atoms. The normalized spacial score (nSPS) is 14.3. The Kier molecular flexibility index (Phi) is 8.30. The van der Waals surface area contributed by atoms with E-state index >= 15 is 0 Å². The third-order valence-electron chi connectivity index (χ3n) is 5.81. The monoisotopic (exact) mass is 464 g/mol. The number of hydrogen-bond acceptors (Lipinski definition) is 5. The lowest BCUT2D eigenvalue weighted by atomic mass is 10.1. The number of rotatable bonds is 9. The maximum atomic E-state index is 12.5. The van der Waals surface area contributed by atoms with Crippen LogP contribution in [0.3, 0.4) is 0 Å². The first-order valence-electron chi connectivity index (χ1n) is 11.3. The molecule has 0 aliphatic carbocycles. The van der Waals surface area contributed by atoms with Gasteiger partial charge in [-0.1, -0.05) is 41.9 Å². The number of anilines is 2. The van der Waals surface area contributed by atoms with Crippen LogP contribution in [-0.2, 0) is 22.6 Å². The molecule has 2 heterocycles. The van der Waals surface area contributed by atoms with Gasteiger partial charge in [0, 0.05) is 50.1 Å². The van der Waals surface area contributed by atoms with Crippen molar-refractivity contribution in [1.82, 2.24) is 9.88 Å². The van der Waals surface area contributed by atoms with E-state index in [2.05, 4.69) is 38.3 Å². The number of hydrogen-bond donors (Lipinski definition) is 1. The first kappa shape index (κ1) is 23.2. The summed E-state index contributed by atoms with van der Waals surface area (Å²) in [6.45, 7) is 5.15. The number of carbonyl (C=O) groups is 1. The lowest BCUT2D eigenvalue weighted by Crippen LogP contribution is -2.47. The number of nitrogens with one attached hydrogen (secondary N) is 1. The summed E-state index contributed by atoms with van der Waals surface area (Å²) in [5.74, 6) is -0.175. The molecule has 1 saturated heterocycles. The quantitative estimate of drug-likeness (QED) is 0.513. The smallest absolute Gasteiger partial charge is 0.250 e. The van der Waals surface area contributed by atoms with Crippen LogP contribution in [0.25, 0.3) is 0 Å². The third kappa shape index (κ3) is 6.78. The third-order valence-corrected chi connectivity index (χ3v) is 6.17. The molecule has 3 aromatic rings. The second-order valence-corrected chi connectivity index (χ2v) is 8.49. The van der Waals surface area contributed by atoms with E-state index in [1.807, 2.05) is 54.9 Å². The molecule has 1 N–H and O–H groups in total. The van der Waals surface area contributed by atoms with E-state index in [1.165, 1.54) is 5.56 Å². The minimum atomic E-state index is -0.175. The van der Waals surface area contributed by atoms with E-state index in [9.17, 15) is 4.79 Å². The standard InChI is InChI=1S/C26H29ClN4O2/c27-23-6-2-1-5-22(23)19-33-20-26(32)29-24-7-3-4-8-25(24)31-17-15-30(16-18-31)14-11-21-9-12-28-13-10-21/h1-10,12-13H,11,14-20H2,(H,29,32). The molecule has 1 aliphatic rings. The van der Waals surface area contributed by atoms with Crippen molar-refractivity contribution in [3.63, 3.8) is 0 Å². The zero-order valence-electron chi connectivity index (χ0n) is 18.6. The molecule has 1 aromatic heterocycles. The Bertz CT molecular complexity index is 1040. The highest BCUT2D eigenvalue weighted by atomic mass is 35.5. The average Bonchev–Trinajstić information content (AvgIpc) is 2.85. The van der Waals surface area contributed by atoms with Crippen LogP contribution in [0.4, 0.5) is 11.4 Å². The zero-order valence-corrected chi connectivity index (χ0v) is 19.4. The number of carbonyl (C=O) groups excluding carboxylic acids is 1. The van der Waals surface area contributed by atoms with Gasteiger partial charge in [-0.2, -0.15) is 0 Å². The maximum absolute atomic E-state index is 12.5. The van der Waals surface area contributed by atoms with Crippen molar-refractivity contribution in [2.24, 2.45) is 0 Å². The Labute approximate surface area is 200 Å². The van der Waals surface area contributed by atoms with Crippen LogP contribution < -0.4 is 10.2 Å². The Morgan fingerprint density at radius 3 is 2.48 bits per heavy atom. The summed E-state index contributed by atoms with van der Waals surface area (Å²) >= 11 is 6.15. The molecule has 0 spiro atoms. The van der Waals surface area contributed by atoms with Gasteiger partial charge in [-0.25, -0.2) is 0 Å². The number of para-hydroxylation sites is 2. The summed E-state index contributed by atoms with van der Waals surface area (Å²) in [6.07, 6.45) is 4.73. The van der Waals surface area contributed by atoms with Crippen molar-refractivity contribution in [2.45, 2.75) is 13.0 Å². The number of halogens is 1. The van der Waals surface area contributed by atoms with Gasteiger partial charge in [0.05, 0.1) is 18.0 Å². The van der Waals surface area contributed by atoms with Gasteiger partial charge in [0.15, 0.2) is 0 Å². The number of pyridine rings is 1. The summed E-state index contributed by atoms with van der Waals surface area (Å²) in [4.78, 5) is 21.4. The van der Waals surface area contributed by atoms with Crippen molar-refractivity contribution >= 4 is 28.9 Å². The predicted molar refractivity (Wildman–Crippen MR) is 133 cm³/mol. The zero-order chi connectivity index (χ0) is 22.9. The Hall–Kier alpha value is -2.93. The van der Waals surface area contributed by atoms with E-state index in [4.69, 9.17) is 16.3 Å². The molecule has 0 radical (unpaired) electrons. The van der Waals surface area contributed by atoms with Crippen LogP contribution in [0.15, 0.2) is 73.1 Å². The van der Waals surface area contributed by atoms with Gasteiger partial charge in [-0.15, -0.1) is 0 Å². The van der Waals surface area contributed by atoms with E-state index in [-0.39, 0.29) is 12.5 Å². The fourth-order valence-electron chi connectivity index (χ4n) is 3.96. The molecule has 0 unspecified atom stereocenters. The lowest BCUT2D eigenvalue weighted by molar-refractivity contribution is -0.121. The highest BCUT2D eigenvalue weighted by molar-refractivity contribution is 6.31. The first-order chi connectivity index (χ1) is 16.2. The maximum Gasteiger partial charge on any atom is 0.250 e. The predicted octanol–water partition coefficient (Wildman–Crippen LogP) is 4.26. The molecular weight excluding hydrogens is 436 g/mol. The Morgan fingerprint density at radius 2 is 1.70 bits per heavy atom. The molecule has 4 rings (SSSR count). The van der Waals surface area contributed by atoms with E-state index in [0.29, 0.717) is 11.6 Å². The van der Waals surface area contributed by atoms with E-state index < -0.39 is 0 Å². The Morgan fingerprint density at radius 1 is 0.970 bits per heavy atom. The number of nitrogens with zero attached hydrogens (tertiary/aromatic N) is 3. The van der Waals surface area contributed by atoms with Gasteiger partial charge in [0.1, 0.15) is 6.61 Å². The molecule has 172 valence electrons. The molecule has 0 atom stereocenters. The van der Waals surface area contributed by atoms with Gasteiger partial charge in [0.2, 0.25) is 5.91 Å². The van der Waals surface area contributed by atoms with Crippen molar-refractivity contribution in [1.29, 1.82) is 0 Å². The van der Waals surface area contributed by atoms with Gasteiger partial charge in [-0.05, 0) is 47.9 Å². The number of benzene rings is 2. The molecule has 0 saturated carbocycles. The van der Waals surface area contributed by atoms with Gasteiger partial charge >= 0.3 is 0 Å². The highest BCUT2D eigenvalue weighted by Crippen LogP contribution is 2.26. The van der Waals surface area contributed by atoms with Crippen LogP contribution in [0.5, 0.6) is 0 Å². The topological polar surface area (TPSA) is 57.7 Å². The summed E-state index contributed by atoms with van der Waals surface area (Å²) in [5, 5.41) is 3.65. The molecule has 1 amide bonds. The lowest BCUT2D eigenvalue weighted by Gasteiger charge is -2.37. The number of ether oxygens (including phenoxy) is 1. The van der Waals surface area contributed by atoms with Crippen molar-refractivity contribution in [3.05, 3.63) is 89.2 Å². The SMILES string of the molecule is O=C(COCc1ccccc1Cl)Nc1ccccc1N1CCN(CCc2ccncc2)CC1. The van der Waals surface area contributed by atoms with Crippen molar-refractivity contribution in [2.75, 3.05) is 49.5 Å². The summed E-state index contributed by atoms with van der Waals surface area (Å²) < 4.78 is 5.58. The fraction of sp³-hybridized carbons (Fsp3) is 0.308. The molecule has 1 fully saturated rings. The Balaban J connectivity index is 1.26. The molecular formula is C26H29ClN4O2. The van der Waals surface area contributed by atoms with Crippen LogP contribution in [-0.4, -0.2) is 55.1 Å². The molecule has 33 heavy (non-hydrogen) atoms. The van der Waals surface area contributed by atoms with Gasteiger partial charge < -0.3 is 15.0 Å². The van der Waals surface area contributed by atoms with Crippen LogP contribution in [0.2, 0.25) is 5.02 Å². The van der Waals surface area contributed by atoms with Gasteiger partial charge in [0.25, 0.3) is 0 Å². The van der Waals surface area contributed by atoms with E-state index in [1.54, 1.807) is 0 Å². The average molecular weight is 465 g/mol. The molecule has 7 heteroatoms. The van der Waals surface area contributed by atoms with Crippen molar-refractivity contribution in [3.8, 4) is 0 Å². The van der Waals surface area contributed by atoms with Gasteiger partial charge in [-0.3, -0.25) is 14.7 Å². The largest absolute Gasteiger partial charge is 0.367 e.